The van der Waals surface area contributed by atoms with Crippen molar-refractivity contribution in [2.24, 2.45) is 11.1 Å². The molecular formula is C16H33N3. The SMILES string of the molecule is CCC1CN(C)CCCN1C1CCCC(C)(C)C1N. The Morgan fingerprint density at radius 2 is 1.95 bits per heavy atom. The van der Waals surface area contributed by atoms with Gasteiger partial charge in [-0.2, -0.15) is 0 Å². The number of hydrogen-bond acceptors (Lipinski definition) is 3. The molecule has 0 amide bonds. The predicted octanol–water partition coefficient (Wildman–Crippen LogP) is 2.31. The maximum atomic E-state index is 6.63. The second-order valence-corrected chi connectivity index (χ2v) is 7.39. The van der Waals surface area contributed by atoms with Crippen molar-refractivity contribution in [1.82, 2.24) is 9.80 Å². The fourth-order valence-electron chi connectivity index (χ4n) is 4.07. The predicted molar refractivity (Wildman–Crippen MR) is 82.3 cm³/mol. The Morgan fingerprint density at radius 1 is 1.21 bits per heavy atom. The summed E-state index contributed by atoms with van der Waals surface area (Å²) in [5.74, 6) is 0. The zero-order valence-corrected chi connectivity index (χ0v) is 13.4. The van der Waals surface area contributed by atoms with Crippen LogP contribution in [-0.4, -0.2) is 54.6 Å². The van der Waals surface area contributed by atoms with Crippen molar-refractivity contribution in [1.29, 1.82) is 0 Å². The summed E-state index contributed by atoms with van der Waals surface area (Å²) >= 11 is 0. The highest BCUT2D eigenvalue weighted by Crippen LogP contribution is 2.37. The summed E-state index contributed by atoms with van der Waals surface area (Å²) in [5.41, 5.74) is 6.94. The molecule has 3 nitrogen and oxygen atoms in total. The fraction of sp³-hybridized carbons (Fsp3) is 1.00. The smallest absolute Gasteiger partial charge is 0.0255 e. The van der Waals surface area contributed by atoms with Gasteiger partial charge in [-0.1, -0.05) is 27.2 Å². The van der Waals surface area contributed by atoms with Gasteiger partial charge in [0, 0.05) is 31.2 Å². The standard InChI is InChI=1S/C16H33N3/c1-5-13-12-18(4)10-7-11-19(13)14-8-6-9-16(2,3)15(14)17/h13-15H,5-12,17H2,1-4H3. The summed E-state index contributed by atoms with van der Waals surface area (Å²) in [5, 5.41) is 0. The van der Waals surface area contributed by atoms with E-state index < -0.39 is 0 Å². The summed E-state index contributed by atoms with van der Waals surface area (Å²) in [4.78, 5) is 5.25. The summed E-state index contributed by atoms with van der Waals surface area (Å²) in [6.45, 7) is 10.7. The highest BCUT2D eigenvalue weighted by molar-refractivity contribution is 4.98. The molecule has 112 valence electrons. The van der Waals surface area contributed by atoms with Crippen LogP contribution in [0, 0.1) is 5.41 Å². The molecule has 2 N–H and O–H groups in total. The van der Waals surface area contributed by atoms with Gasteiger partial charge in [0.25, 0.3) is 0 Å². The second-order valence-electron chi connectivity index (χ2n) is 7.39. The Bertz CT molecular complexity index is 290. The van der Waals surface area contributed by atoms with Gasteiger partial charge in [0.15, 0.2) is 0 Å². The molecule has 1 aliphatic heterocycles. The van der Waals surface area contributed by atoms with Gasteiger partial charge in [0.05, 0.1) is 0 Å². The molecule has 3 unspecified atom stereocenters. The van der Waals surface area contributed by atoms with Crippen molar-refractivity contribution in [3.05, 3.63) is 0 Å². The lowest BCUT2D eigenvalue weighted by atomic mass is 9.70. The lowest BCUT2D eigenvalue weighted by Crippen LogP contribution is -2.59. The van der Waals surface area contributed by atoms with Crippen LogP contribution in [-0.2, 0) is 0 Å². The van der Waals surface area contributed by atoms with E-state index in [1.165, 1.54) is 51.7 Å². The van der Waals surface area contributed by atoms with E-state index in [2.05, 4.69) is 37.6 Å². The van der Waals surface area contributed by atoms with E-state index in [0.717, 1.165) is 0 Å². The van der Waals surface area contributed by atoms with Gasteiger partial charge in [0.2, 0.25) is 0 Å². The summed E-state index contributed by atoms with van der Waals surface area (Å²) < 4.78 is 0. The number of hydrogen-bond donors (Lipinski definition) is 1. The number of nitrogens with two attached hydrogens (primary N) is 1. The molecule has 0 radical (unpaired) electrons. The van der Waals surface area contributed by atoms with E-state index in [1.807, 2.05) is 0 Å². The molecule has 3 atom stereocenters. The van der Waals surface area contributed by atoms with Crippen LogP contribution in [0.4, 0.5) is 0 Å². The number of rotatable bonds is 2. The molecule has 19 heavy (non-hydrogen) atoms. The normalized spacial score (nSPS) is 38.1. The van der Waals surface area contributed by atoms with Gasteiger partial charge in [-0.3, -0.25) is 4.90 Å². The number of nitrogens with zero attached hydrogens (tertiary/aromatic N) is 2. The van der Waals surface area contributed by atoms with E-state index >= 15 is 0 Å². The average Bonchev–Trinajstić information content (AvgIpc) is 2.54. The first-order valence-electron chi connectivity index (χ1n) is 8.15. The lowest BCUT2D eigenvalue weighted by Gasteiger charge is -2.48. The van der Waals surface area contributed by atoms with Crippen molar-refractivity contribution in [3.63, 3.8) is 0 Å². The molecule has 0 aromatic heterocycles. The number of likely N-dealkylation sites (N-methyl/N-ethyl adjacent to an activating group) is 1. The van der Waals surface area contributed by atoms with Crippen LogP contribution < -0.4 is 5.73 Å². The van der Waals surface area contributed by atoms with E-state index in [9.17, 15) is 0 Å². The molecule has 2 fully saturated rings. The van der Waals surface area contributed by atoms with Gasteiger partial charge in [-0.05, 0) is 44.7 Å². The first-order valence-corrected chi connectivity index (χ1v) is 8.15. The van der Waals surface area contributed by atoms with Crippen LogP contribution in [0.5, 0.6) is 0 Å². The highest BCUT2D eigenvalue weighted by atomic mass is 15.3. The van der Waals surface area contributed by atoms with E-state index in [1.54, 1.807) is 0 Å². The van der Waals surface area contributed by atoms with Gasteiger partial charge in [0.1, 0.15) is 0 Å². The molecule has 0 aromatic carbocycles. The Balaban J connectivity index is 2.13. The van der Waals surface area contributed by atoms with Gasteiger partial charge in [-0.15, -0.1) is 0 Å². The van der Waals surface area contributed by atoms with E-state index in [4.69, 9.17) is 5.73 Å². The molecule has 0 bridgehead atoms. The zero-order chi connectivity index (χ0) is 14.0. The molecule has 1 saturated heterocycles. The molecule has 2 rings (SSSR count). The van der Waals surface area contributed by atoms with Gasteiger partial charge < -0.3 is 10.6 Å². The van der Waals surface area contributed by atoms with Gasteiger partial charge in [-0.25, -0.2) is 0 Å². The van der Waals surface area contributed by atoms with Crippen LogP contribution >= 0.6 is 0 Å². The molecular weight excluding hydrogens is 234 g/mol. The molecule has 2 aliphatic rings. The van der Waals surface area contributed by atoms with Crippen LogP contribution in [0.15, 0.2) is 0 Å². The monoisotopic (exact) mass is 267 g/mol. The molecule has 1 saturated carbocycles. The molecule has 0 aromatic rings. The first-order chi connectivity index (χ1) is 8.95. The molecule has 1 heterocycles. The second kappa shape index (κ2) is 6.11. The van der Waals surface area contributed by atoms with Gasteiger partial charge >= 0.3 is 0 Å². The Labute approximate surface area is 119 Å². The van der Waals surface area contributed by atoms with Crippen molar-refractivity contribution >= 4 is 0 Å². The third-order valence-corrected chi connectivity index (χ3v) is 5.48. The summed E-state index contributed by atoms with van der Waals surface area (Å²) in [6.07, 6.45) is 6.46. The van der Waals surface area contributed by atoms with Crippen molar-refractivity contribution in [2.45, 2.75) is 71.0 Å². The maximum Gasteiger partial charge on any atom is 0.0255 e. The average molecular weight is 267 g/mol. The van der Waals surface area contributed by atoms with E-state index in [-0.39, 0.29) is 0 Å². The molecule has 3 heteroatoms. The Kier molecular flexibility index (Phi) is 4.91. The third-order valence-electron chi connectivity index (χ3n) is 5.48. The fourth-order valence-corrected chi connectivity index (χ4v) is 4.07. The Morgan fingerprint density at radius 3 is 2.63 bits per heavy atom. The topological polar surface area (TPSA) is 32.5 Å². The summed E-state index contributed by atoms with van der Waals surface area (Å²) in [7, 11) is 2.26. The minimum absolute atomic E-state index is 0.305. The minimum atomic E-state index is 0.305. The maximum absolute atomic E-state index is 6.63. The first kappa shape index (κ1) is 15.3. The van der Waals surface area contributed by atoms with Crippen molar-refractivity contribution in [3.8, 4) is 0 Å². The molecule has 1 aliphatic carbocycles. The largest absolute Gasteiger partial charge is 0.326 e. The van der Waals surface area contributed by atoms with Crippen molar-refractivity contribution in [2.75, 3.05) is 26.7 Å². The lowest BCUT2D eigenvalue weighted by molar-refractivity contribution is 0.0387. The van der Waals surface area contributed by atoms with Crippen LogP contribution in [0.1, 0.15) is 52.9 Å². The van der Waals surface area contributed by atoms with Crippen LogP contribution in [0.25, 0.3) is 0 Å². The third kappa shape index (κ3) is 3.32. The Hall–Kier alpha value is -0.120. The van der Waals surface area contributed by atoms with Crippen LogP contribution in [0.3, 0.4) is 0 Å². The zero-order valence-electron chi connectivity index (χ0n) is 13.4. The van der Waals surface area contributed by atoms with E-state index in [0.29, 0.717) is 23.5 Å². The molecule has 0 spiro atoms. The highest BCUT2D eigenvalue weighted by Gasteiger charge is 2.41. The van der Waals surface area contributed by atoms with Crippen LogP contribution in [0.2, 0.25) is 0 Å². The quantitative estimate of drug-likeness (QED) is 0.833. The summed E-state index contributed by atoms with van der Waals surface area (Å²) in [6, 6.07) is 1.62. The van der Waals surface area contributed by atoms with Crippen molar-refractivity contribution < 1.29 is 0 Å². The minimum Gasteiger partial charge on any atom is -0.326 e.